The Bertz CT molecular complexity index is 356. The Balaban J connectivity index is -0.0000000771. The molecular weight excluding hydrogens is 412 g/mol. The zero-order chi connectivity index (χ0) is 20.0. The predicted molar refractivity (Wildman–Crippen MR) is 68.8 cm³/mol. The van der Waals surface area contributed by atoms with Crippen LogP contribution < -0.4 is 51.4 Å². The van der Waals surface area contributed by atoms with Crippen molar-refractivity contribution in [3.05, 3.63) is 35.9 Å². The Labute approximate surface area is 179 Å². The van der Waals surface area contributed by atoms with Gasteiger partial charge in [-0.05, 0) is 5.56 Å². The van der Waals surface area contributed by atoms with Gasteiger partial charge >= 0.3 is 73.1 Å². The maximum absolute atomic E-state index is 9.75. The summed E-state index contributed by atoms with van der Waals surface area (Å²) in [5.41, 5.74) is 1.22. The molecular formula is C8H11B3F12KO-3. The number of hydrogen-bond donors (Lipinski definition) is 0. The molecule has 0 aliphatic rings. The van der Waals surface area contributed by atoms with Gasteiger partial charge in [-0.1, -0.05) is 30.3 Å². The molecule has 0 radical (unpaired) electrons. The summed E-state index contributed by atoms with van der Waals surface area (Å²) in [6.07, 6.45) is 0. The molecule has 0 N–H and O–H groups in total. The van der Waals surface area contributed by atoms with E-state index in [2.05, 4.69) is 0 Å². The number of methoxy groups -OCH3 is 1. The fourth-order valence-electron chi connectivity index (χ4n) is 0.741. The van der Waals surface area contributed by atoms with Gasteiger partial charge in [0.25, 0.3) is 0 Å². The monoisotopic (exact) mass is 423 g/mol. The van der Waals surface area contributed by atoms with Crippen molar-refractivity contribution in [2.24, 2.45) is 0 Å². The van der Waals surface area contributed by atoms with Crippen LogP contribution in [0.15, 0.2) is 30.3 Å². The number of halogens is 12. The van der Waals surface area contributed by atoms with E-state index < -0.39 is 21.8 Å². The van der Waals surface area contributed by atoms with Crippen molar-refractivity contribution < 1.29 is 109 Å². The third-order valence-electron chi connectivity index (χ3n) is 1.15. The Morgan fingerprint density at radius 3 is 1.12 bits per heavy atom. The molecule has 0 heterocycles. The van der Waals surface area contributed by atoms with Gasteiger partial charge in [0.1, 0.15) is 0 Å². The van der Waals surface area contributed by atoms with Crippen LogP contribution in [0.5, 0.6) is 0 Å². The Hall–Kier alpha value is 0.171. The standard InChI is InChI=1S/C8H10O.3BF4.K.H/c1-9-7-8-5-3-2-4-6-8;3*2-1(3,4)5;;/h2-6H,7H2,1H3;;;;;/q;3*-1;+1;-1. The van der Waals surface area contributed by atoms with Crippen LogP contribution in [0.2, 0.25) is 0 Å². The molecule has 0 amide bonds. The van der Waals surface area contributed by atoms with E-state index in [-0.39, 0.29) is 52.8 Å². The van der Waals surface area contributed by atoms with Crippen molar-refractivity contribution in [3.63, 3.8) is 0 Å². The molecule has 0 aliphatic heterocycles. The van der Waals surface area contributed by atoms with Gasteiger partial charge in [-0.3, -0.25) is 0 Å². The van der Waals surface area contributed by atoms with Gasteiger partial charge in [-0.2, -0.15) is 0 Å². The van der Waals surface area contributed by atoms with E-state index in [9.17, 15) is 51.8 Å². The maximum atomic E-state index is 9.75. The van der Waals surface area contributed by atoms with Crippen molar-refractivity contribution in [1.82, 2.24) is 0 Å². The first-order valence-corrected chi connectivity index (χ1v) is 5.58. The molecule has 0 saturated carbocycles. The van der Waals surface area contributed by atoms with E-state index in [1.807, 2.05) is 30.3 Å². The van der Waals surface area contributed by atoms with Gasteiger partial charge in [-0.25, -0.2) is 0 Å². The second-order valence-electron chi connectivity index (χ2n) is 3.40. The summed E-state index contributed by atoms with van der Waals surface area (Å²) in [5.74, 6) is 0. The largest absolute Gasteiger partial charge is 1.00 e. The van der Waals surface area contributed by atoms with Crippen molar-refractivity contribution in [3.8, 4) is 0 Å². The minimum absolute atomic E-state index is 0. The van der Waals surface area contributed by atoms with E-state index in [0.717, 1.165) is 0 Å². The maximum Gasteiger partial charge on any atom is 1.00 e. The summed E-state index contributed by atoms with van der Waals surface area (Å²) < 4.78 is 122. The van der Waals surface area contributed by atoms with Crippen LogP contribution >= 0.6 is 0 Å². The fraction of sp³-hybridized carbons (Fsp3) is 0.250. The van der Waals surface area contributed by atoms with Gasteiger partial charge < -0.3 is 58.0 Å². The molecule has 0 bridgehead atoms. The van der Waals surface area contributed by atoms with Crippen molar-refractivity contribution in [1.29, 1.82) is 0 Å². The summed E-state index contributed by atoms with van der Waals surface area (Å²) in [4.78, 5) is 0. The Morgan fingerprint density at radius 1 is 0.680 bits per heavy atom. The van der Waals surface area contributed by atoms with E-state index in [4.69, 9.17) is 4.74 Å². The van der Waals surface area contributed by atoms with Crippen LogP contribution in [0.4, 0.5) is 51.8 Å². The molecule has 1 rings (SSSR count). The summed E-state index contributed by atoms with van der Waals surface area (Å²) in [6, 6.07) is 10.1. The van der Waals surface area contributed by atoms with Gasteiger partial charge in [0.2, 0.25) is 0 Å². The topological polar surface area (TPSA) is 9.23 Å². The van der Waals surface area contributed by atoms with E-state index in [1.165, 1.54) is 5.56 Å². The smallest absolute Gasteiger partial charge is 1.00 e. The Kier molecular flexibility index (Phi) is 21.5. The first-order chi connectivity index (χ1) is 10.4. The van der Waals surface area contributed by atoms with Crippen LogP contribution in [0.25, 0.3) is 0 Å². The molecule has 0 unspecified atom stereocenters. The minimum atomic E-state index is -6.00. The summed E-state index contributed by atoms with van der Waals surface area (Å²) >= 11 is 0. The molecule has 1 nitrogen and oxygen atoms in total. The van der Waals surface area contributed by atoms with E-state index in [0.29, 0.717) is 6.61 Å². The molecule has 146 valence electrons. The zero-order valence-corrected chi connectivity index (χ0v) is 15.9. The molecule has 0 spiro atoms. The van der Waals surface area contributed by atoms with Gasteiger partial charge in [0.15, 0.2) is 0 Å². The summed E-state index contributed by atoms with van der Waals surface area (Å²) in [6.45, 7) is 0.709. The van der Waals surface area contributed by atoms with Gasteiger partial charge in [-0.15, -0.1) is 0 Å². The van der Waals surface area contributed by atoms with Crippen LogP contribution in [-0.2, 0) is 11.3 Å². The second kappa shape index (κ2) is 16.4. The van der Waals surface area contributed by atoms with Gasteiger partial charge in [0, 0.05) is 7.11 Å². The molecule has 0 saturated heterocycles. The van der Waals surface area contributed by atoms with E-state index >= 15 is 0 Å². The molecule has 0 aromatic heterocycles. The normalized spacial score (nSPS) is 10.6. The molecule has 0 aliphatic carbocycles. The molecule has 25 heavy (non-hydrogen) atoms. The first-order valence-electron chi connectivity index (χ1n) is 5.58. The van der Waals surface area contributed by atoms with Crippen LogP contribution in [0, 0.1) is 0 Å². The quantitative estimate of drug-likeness (QED) is 0.526. The molecule has 0 fully saturated rings. The molecule has 0 atom stereocenters. The number of rotatable bonds is 2. The van der Waals surface area contributed by atoms with Crippen LogP contribution in [0.3, 0.4) is 0 Å². The average Bonchev–Trinajstić information content (AvgIpc) is 2.23. The van der Waals surface area contributed by atoms with Crippen molar-refractivity contribution in [2.45, 2.75) is 6.61 Å². The SMILES string of the molecule is COCc1ccccc1.F[B-](F)(F)F.F[B-](F)(F)F.F[B-](F)(F)F.[H-].[K+]. The third-order valence-corrected chi connectivity index (χ3v) is 1.15. The number of ether oxygens (including phenoxy) is 1. The zero-order valence-electron chi connectivity index (χ0n) is 13.8. The summed E-state index contributed by atoms with van der Waals surface area (Å²) in [5, 5.41) is 0. The third kappa shape index (κ3) is 95.2. The Morgan fingerprint density at radius 2 is 0.920 bits per heavy atom. The molecule has 1 aromatic carbocycles. The predicted octanol–water partition coefficient (Wildman–Crippen LogP) is 2.85. The molecule has 17 heteroatoms. The number of hydrogen-bond acceptors (Lipinski definition) is 1. The average molecular weight is 423 g/mol. The van der Waals surface area contributed by atoms with Crippen molar-refractivity contribution >= 4 is 21.8 Å². The fourth-order valence-corrected chi connectivity index (χ4v) is 0.741. The first kappa shape index (κ1) is 32.8. The minimum Gasteiger partial charge on any atom is -1.00 e. The summed E-state index contributed by atoms with van der Waals surface area (Å²) in [7, 11) is -16.3. The van der Waals surface area contributed by atoms with Crippen LogP contribution in [0.1, 0.15) is 6.99 Å². The van der Waals surface area contributed by atoms with E-state index in [1.54, 1.807) is 7.11 Å². The van der Waals surface area contributed by atoms with Crippen LogP contribution in [-0.4, -0.2) is 28.9 Å². The molecule has 1 aromatic rings. The van der Waals surface area contributed by atoms with Crippen molar-refractivity contribution in [2.75, 3.05) is 7.11 Å². The number of benzene rings is 1. The van der Waals surface area contributed by atoms with Gasteiger partial charge in [0.05, 0.1) is 6.61 Å². The second-order valence-corrected chi connectivity index (χ2v) is 3.40.